The minimum absolute atomic E-state index is 0.272. The van der Waals surface area contributed by atoms with Gasteiger partial charge >= 0.3 is 0 Å². The molecule has 3 rings (SSSR count). The van der Waals surface area contributed by atoms with Gasteiger partial charge in [0.05, 0.1) is 22.3 Å². The summed E-state index contributed by atoms with van der Waals surface area (Å²) in [4.78, 5) is 4.55. The van der Waals surface area contributed by atoms with E-state index in [2.05, 4.69) is 4.98 Å². The third-order valence-electron chi connectivity index (χ3n) is 3.27. The SMILES string of the molecule is N#Cc1cc(F)ccc1-n1c(CCCl)nc2ccccc21. The highest BCUT2D eigenvalue weighted by Crippen LogP contribution is 2.25. The number of aryl methyl sites for hydroxylation is 1. The van der Waals surface area contributed by atoms with Crippen molar-refractivity contribution < 1.29 is 4.39 Å². The molecule has 0 aliphatic carbocycles. The Morgan fingerprint density at radius 3 is 2.81 bits per heavy atom. The van der Waals surface area contributed by atoms with Crippen LogP contribution in [-0.2, 0) is 6.42 Å². The van der Waals surface area contributed by atoms with Crippen molar-refractivity contribution in [1.29, 1.82) is 5.26 Å². The number of aromatic nitrogens is 2. The molecule has 0 aliphatic rings. The Morgan fingerprint density at radius 2 is 2.05 bits per heavy atom. The molecule has 0 spiro atoms. The van der Waals surface area contributed by atoms with Crippen LogP contribution in [0, 0.1) is 17.1 Å². The summed E-state index contributed by atoms with van der Waals surface area (Å²) in [6.07, 6.45) is 0.568. The number of nitrogens with zero attached hydrogens (tertiary/aromatic N) is 3. The second-order valence-electron chi connectivity index (χ2n) is 4.56. The largest absolute Gasteiger partial charge is 0.295 e. The van der Waals surface area contributed by atoms with Crippen LogP contribution in [0.15, 0.2) is 42.5 Å². The molecule has 2 aromatic carbocycles. The summed E-state index contributed by atoms with van der Waals surface area (Å²) in [6.45, 7) is 0. The Morgan fingerprint density at radius 1 is 1.24 bits per heavy atom. The second-order valence-corrected chi connectivity index (χ2v) is 4.94. The predicted molar refractivity (Wildman–Crippen MR) is 80.2 cm³/mol. The molecule has 5 heteroatoms. The van der Waals surface area contributed by atoms with Gasteiger partial charge in [0.25, 0.3) is 0 Å². The molecule has 0 unspecified atom stereocenters. The first-order valence-electron chi connectivity index (χ1n) is 6.47. The minimum Gasteiger partial charge on any atom is -0.295 e. The summed E-state index contributed by atoms with van der Waals surface area (Å²) in [7, 11) is 0. The number of imidazole rings is 1. The van der Waals surface area contributed by atoms with Crippen molar-refractivity contribution in [2.24, 2.45) is 0 Å². The summed E-state index contributed by atoms with van der Waals surface area (Å²) in [5, 5.41) is 9.26. The third-order valence-corrected chi connectivity index (χ3v) is 3.46. The van der Waals surface area contributed by atoms with Crippen molar-refractivity contribution in [2.45, 2.75) is 6.42 Å². The highest BCUT2D eigenvalue weighted by Gasteiger charge is 2.15. The first kappa shape index (κ1) is 13.6. The molecule has 104 valence electrons. The Kier molecular flexibility index (Phi) is 3.59. The van der Waals surface area contributed by atoms with Crippen LogP contribution in [0.2, 0.25) is 0 Å². The molecule has 0 radical (unpaired) electrons. The topological polar surface area (TPSA) is 41.6 Å². The molecule has 3 nitrogen and oxygen atoms in total. The van der Waals surface area contributed by atoms with Gasteiger partial charge in [-0.15, -0.1) is 11.6 Å². The highest BCUT2D eigenvalue weighted by atomic mass is 35.5. The van der Waals surface area contributed by atoms with Gasteiger partial charge in [0, 0.05) is 12.3 Å². The zero-order valence-electron chi connectivity index (χ0n) is 11.1. The maximum absolute atomic E-state index is 13.3. The van der Waals surface area contributed by atoms with Gasteiger partial charge in [-0.1, -0.05) is 12.1 Å². The van der Waals surface area contributed by atoms with E-state index < -0.39 is 5.82 Å². The minimum atomic E-state index is -0.432. The lowest BCUT2D eigenvalue weighted by Crippen LogP contribution is -2.04. The zero-order valence-corrected chi connectivity index (χ0v) is 11.8. The fourth-order valence-corrected chi connectivity index (χ4v) is 2.56. The molecule has 0 N–H and O–H groups in total. The molecule has 3 aromatic rings. The van der Waals surface area contributed by atoms with E-state index in [9.17, 15) is 9.65 Å². The number of para-hydroxylation sites is 2. The van der Waals surface area contributed by atoms with Gasteiger partial charge in [0.1, 0.15) is 17.7 Å². The Labute approximate surface area is 126 Å². The van der Waals surface area contributed by atoms with Gasteiger partial charge in [-0.2, -0.15) is 5.26 Å². The van der Waals surface area contributed by atoms with Gasteiger partial charge in [0.2, 0.25) is 0 Å². The normalized spacial score (nSPS) is 10.7. The standard InChI is InChI=1S/C16H11ClFN3/c17-8-7-16-20-13-3-1-2-4-15(13)21(16)14-6-5-12(18)9-11(14)10-19/h1-6,9H,7-8H2. The Hall–Kier alpha value is -2.38. The lowest BCUT2D eigenvalue weighted by Gasteiger charge is -2.10. The molecule has 0 atom stereocenters. The van der Waals surface area contributed by atoms with Crippen molar-refractivity contribution in [3.63, 3.8) is 0 Å². The molecular formula is C16H11ClFN3. The highest BCUT2D eigenvalue weighted by molar-refractivity contribution is 6.17. The summed E-state index contributed by atoms with van der Waals surface area (Å²) >= 11 is 5.84. The first-order valence-corrected chi connectivity index (χ1v) is 7.00. The van der Waals surface area contributed by atoms with Crippen molar-refractivity contribution in [1.82, 2.24) is 9.55 Å². The van der Waals surface area contributed by atoms with Gasteiger partial charge in [-0.3, -0.25) is 4.57 Å². The molecule has 1 heterocycles. The number of hydrogen-bond acceptors (Lipinski definition) is 2. The number of halogens is 2. The van der Waals surface area contributed by atoms with Crippen molar-refractivity contribution >= 4 is 22.6 Å². The molecule has 0 fully saturated rings. The molecular weight excluding hydrogens is 289 g/mol. The monoisotopic (exact) mass is 299 g/mol. The summed E-state index contributed by atoms with van der Waals surface area (Å²) in [6, 6.07) is 13.8. The summed E-state index contributed by atoms with van der Waals surface area (Å²) in [5.74, 6) is 0.750. The van der Waals surface area contributed by atoms with E-state index in [4.69, 9.17) is 11.6 Å². The fourth-order valence-electron chi connectivity index (χ4n) is 2.39. The quantitative estimate of drug-likeness (QED) is 0.690. The number of fused-ring (bicyclic) bond motifs is 1. The maximum Gasteiger partial charge on any atom is 0.124 e. The van der Waals surface area contributed by atoms with Crippen LogP contribution in [0.25, 0.3) is 16.7 Å². The molecule has 0 bridgehead atoms. The van der Waals surface area contributed by atoms with Crippen LogP contribution in [-0.4, -0.2) is 15.4 Å². The second kappa shape index (κ2) is 5.55. The molecule has 21 heavy (non-hydrogen) atoms. The van der Waals surface area contributed by atoms with Gasteiger partial charge < -0.3 is 0 Å². The fraction of sp³-hybridized carbons (Fsp3) is 0.125. The molecule has 0 amide bonds. The maximum atomic E-state index is 13.3. The Bertz CT molecular complexity index is 848. The van der Waals surface area contributed by atoms with E-state index in [0.717, 1.165) is 16.9 Å². The van der Waals surface area contributed by atoms with Crippen LogP contribution in [0.4, 0.5) is 4.39 Å². The average Bonchev–Trinajstić information content (AvgIpc) is 2.85. The smallest absolute Gasteiger partial charge is 0.124 e. The molecule has 1 aromatic heterocycles. The van der Waals surface area contributed by atoms with Crippen LogP contribution >= 0.6 is 11.6 Å². The Balaban J connectivity index is 2.33. The summed E-state index contributed by atoms with van der Waals surface area (Å²) in [5.41, 5.74) is 2.59. The number of rotatable bonds is 3. The van der Waals surface area contributed by atoms with Crippen molar-refractivity contribution in [3.8, 4) is 11.8 Å². The van der Waals surface area contributed by atoms with E-state index in [1.165, 1.54) is 12.1 Å². The van der Waals surface area contributed by atoms with E-state index in [1.807, 2.05) is 34.9 Å². The molecule has 0 saturated carbocycles. The van der Waals surface area contributed by atoms with Gasteiger partial charge in [0.15, 0.2) is 0 Å². The van der Waals surface area contributed by atoms with E-state index in [-0.39, 0.29) is 5.56 Å². The van der Waals surface area contributed by atoms with Crippen LogP contribution < -0.4 is 0 Å². The van der Waals surface area contributed by atoms with Crippen LogP contribution in [0.3, 0.4) is 0 Å². The van der Waals surface area contributed by atoms with Gasteiger partial charge in [-0.05, 0) is 30.3 Å². The lowest BCUT2D eigenvalue weighted by atomic mass is 10.1. The lowest BCUT2D eigenvalue weighted by molar-refractivity contribution is 0.626. The zero-order chi connectivity index (χ0) is 14.8. The van der Waals surface area contributed by atoms with Crippen LogP contribution in [0.1, 0.15) is 11.4 Å². The van der Waals surface area contributed by atoms with Crippen molar-refractivity contribution in [3.05, 3.63) is 59.7 Å². The van der Waals surface area contributed by atoms with E-state index in [0.29, 0.717) is 18.0 Å². The average molecular weight is 300 g/mol. The number of benzene rings is 2. The number of alkyl halides is 1. The number of hydrogen-bond donors (Lipinski definition) is 0. The van der Waals surface area contributed by atoms with Gasteiger partial charge in [-0.25, -0.2) is 9.37 Å². The van der Waals surface area contributed by atoms with Crippen molar-refractivity contribution in [2.75, 3.05) is 5.88 Å². The third kappa shape index (κ3) is 2.37. The molecule has 0 aliphatic heterocycles. The van der Waals surface area contributed by atoms with E-state index >= 15 is 0 Å². The van der Waals surface area contributed by atoms with Crippen LogP contribution in [0.5, 0.6) is 0 Å². The van der Waals surface area contributed by atoms with E-state index in [1.54, 1.807) is 6.07 Å². The predicted octanol–water partition coefficient (Wildman–Crippen LogP) is 3.82. The number of nitriles is 1. The first-order chi connectivity index (χ1) is 10.2. The molecule has 0 saturated heterocycles. The summed E-state index contributed by atoms with van der Waals surface area (Å²) < 4.78 is 15.2.